The summed E-state index contributed by atoms with van der Waals surface area (Å²) in [5.41, 5.74) is -1.27. The summed E-state index contributed by atoms with van der Waals surface area (Å²) < 4.78 is 31.2. The van der Waals surface area contributed by atoms with Crippen molar-refractivity contribution in [2.75, 3.05) is 5.75 Å². The molecule has 5 nitrogen and oxygen atoms in total. The molecule has 7 heteroatoms. The van der Waals surface area contributed by atoms with Gasteiger partial charge in [0.05, 0.1) is 16.0 Å². The third-order valence-electron chi connectivity index (χ3n) is 4.55. The van der Waals surface area contributed by atoms with E-state index in [1.165, 1.54) is 0 Å². The molecule has 3 atom stereocenters. The van der Waals surface area contributed by atoms with E-state index in [0.29, 0.717) is 6.42 Å². The van der Waals surface area contributed by atoms with Crippen molar-refractivity contribution < 1.29 is 17.8 Å². The third-order valence-corrected chi connectivity index (χ3v) is 6.46. The van der Waals surface area contributed by atoms with E-state index in [2.05, 4.69) is 15.9 Å². The molecule has 17 heavy (non-hydrogen) atoms. The lowest BCUT2D eigenvalue weighted by Crippen LogP contribution is -2.43. The highest BCUT2D eigenvalue weighted by molar-refractivity contribution is 9.10. The second-order valence-corrected chi connectivity index (χ2v) is 7.88. The molecule has 0 aliphatic heterocycles. The molecular weight excluding hydrogens is 310 g/mol. The predicted octanol–water partition coefficient (Wildman–Crippen LogP) is 1.80. The minimum atomic E-state index is -4.12. The average Bonchev–Trinajstić information content (AvgIpc) is 2.39. The van der Waals surface area contributed by atoms with Crippen molar-refractivity contribution >= 4 is 31.8 Å². The van der Waals surface area contributed by atoms with Crippen molar-refractivity contribution in [2.45, 2.75) is 31.5 Å². The van der Waals surface area contributed by atoms with Gasteiger partial charge in [0, 0.05) is 0 Å². The minimum absolute atomic E-state index is 0. The normalized spacial score (nSPS) is 39.2. The fraction of sp³-hybridized carbons (Fsp3) is 0.900. The Morgan fingerprint density at radius 3 is 2.35 bits per heavy atom. The van der Waals surface area contributed by atoms with Gasteiger partial charge in [0.15, 0.2) is 5.78 Å². The molecule has 2 rings (SSSR count). The lowest BCUT2D eigenvalue weighted by molar-refractivity contribution is -0.127. The van der Waals surface area contributed by atoms with E-state index in [9.17, 15) is 13.2 Å². The topological polar surface area (TPSA) is 106 Å². The summed E-state index contributed by atoms with van der Waals surface area (Å²) >= 11 is 3.35. The summed E-state index contributed by atoms with van der Waals surface area (Å²) in [4.78, 5) is 11.9. The quantitative estimate of drug-likeness (QED) is 0.594. The van der Waals surface area contributed by atoms with Crippen molar-refractivity contribution in [3.8, 4) is 0 Å². The average molecular weight is 328 g/mol. The van der Waals surface area contributed by atoms with Crippen LogP contribution in [-0.4, -0.2) is 29.3 Å². The van der Waals surface area contributed by atoms with Crippen LogP contribution in [0.2, 0.25) is 0 Å². The van der Waals surface area contributed by atoms with E-state index in [1.807, 2.05) is 13.8 Å². The zero-order chi connectivity index (χ0) is 12.4. The van der Waals surface area contributed by atoms with Crippen LogP contribution in [0.3, 0.4) is 0 Å². The number of carbonyl (C=O) groups excluding carboxylic acids is 1. The first-order valence-electron chi connectivity index (χ1n) is 5.25. The van der Waals surface area contributed by atoms with Gasteiger partial charge in [0.25, 0.3) is 10.1 Å². The van der Waals surface area contributed by atoms with Crippen LogP contribution in [0.4, 0.5) is 0 Å². The largest absolute Gasteiger partial charge is 0.344 e. The Kier molecular flexibility index (Phi) is 3.56. The van der Waals surface area contributed by atoms with Crippen molar-refractivity contribution in [2.24, 2.45) is 16.7 Å². The van der Waals surface area contributed by atoms with Crippen molar-refractivity contribution in [3.05, 3.63) is 0 Å². The van der Waals surface area contributed by atoms with Gasteiger partial charge in [-0.05, 0) is 24.2 Å². The first-order chi connectivity index (χ1) is 7.12. The van der Waals surface area contributed by atoms with Gasteiger partial charge in [-0.15, -0.1) is 0 Å². The van der Waals surface area contributed by atoms with Gasteiger partial charge in [-0.25, -0.2) is 0 Å². The van der Waals surface area contributed by atoms with Crippen molar-refractivity contribution in [3.63, 3.8) is 0 Å². The van der Waals surface area contributed by atoms with Gasteiger partial charge in [0.1, 0.15) is 0 Å². The summed E-state index contributed by atoms with van der Waals surface area (Å²) in [6, 6.07) is 0. The van der Waals surface area contributed by atoms with Gasteiger partial charge >= 0.3 is 0 Å². The Balaban J connectivity index is 0.00000144. The Bertz CT molecular complexity index is 447. The Morgan fingerprint density at radius 1 is 1.47 bits per heavy atom. The van der Waals surface area contributed by atoms with Crippen LogP contribution in [0.1, 0.15) is 26.7 Å². The van der Waals surface area contributed by atoms with Crippen LogP contribution in [-0.2, 0) is 14.9 Å². The summed E-state index contributed by atoms with van der Waals surface area (Å²) in [6.45, 7) is 3.85. The number of alkyl halides is 1. The maximum absolute atomic E-state index is 12.2. The van der Waals surface area contributed by atoms with Crippen LogP contribution < -0.4 is 6.15 Å². The minimum Gasteiger partial charge on any atom is -0.344 e. The molecule has 2 bridgehead atoms. The molecule has 0 spiro atoms. The summed E-state index contributed by atoms with van der Waals surface area (Å²) in [5, 5.41) is 0. The van der Waals surface area contributed by atoms with E-state index >= 15 is 0 Å². The van der Waals surface area contributed by atoms with E-state index in [1.54, 1.807) is 0 Å². The lowest BCUT2D eigenvalue weighted by Gasteiger charge is -2.35. The molecule has 4 N–H and O–H groups in total. The van der Waals surface area contributed by atoms with E-state index < -0.39 is 21.3 Å². The molecule has 0 radical (unpaired) electrons. The molecule has 2 fully saturated rings. The van der Waals surface area contributed by atoms with Crippen LogP contribution in [0, 0.1) is 16.7 Å². The van der Waals surface area contributed by atoms with Gasteiger partial charge in [-0.2, -0.15) is 8.42 Å². The molecule has 0 aromatic heterocycles. The highest BCUT2D eigenvalue weighted by atomic mass is 79.9. The van der Waals surface area contributed by atoms with Gasteiger partial charge in [0.2, 0.25) is 0 Å². The fourth-order valence-corrected chi connectivity index (χ4v) is 6.12. The molecule has 0 aromatic rings. The second kappa shape index (κ2) is 4.01. The number of rotatable bonds is 2. The standard InChI is InChI=1S/C10H15BrO4S.H3N/c1-9(2)6-3-4-10(9,5-16(13,14)15)8(12)7(6)11;/h6-7H,3-5H2,1-2H3,(H,13,14,15);1H3. The molecule has 2 aliphatic carbocycles. The maximum Gasteiger partial charge on any atom is 0.265 e. The number of hydrogen-bond donors (Lipinski definition) is 2. The number of ketones is 1. The summed E-state index contributed by atoms with van der Waals surface area (Å²) in [6.07, 6.45) is 1.40. The number of fused-ring (bicyclic) bond motifs is 2. The number of hydrogen-bond acceptors (Lipinski definition) is 4. The maximum atomic E-state index is 12.2. The van der Waals surface area contributed by atoms with Gasteiger partial charge < -0.3 is 6.15 Å². The first-order valence-corrected chi connectivity index (χ1v) is 7.78. The Morgan fingerprint density at radius 2 is 2.00 bits per heavy atom. The van der Waals surface area contributed by atoms with E-state index in [-0.39, 0.29) is 28.1 Å². The number of Topliss-reactive ketones (excluding diaryl/α,β-unsaturated/α-hetero) is 1. The summed E-state index contributed by atoms with van der Waals surface area (Å²) in [5.74, 6) is -0.335. The predicted molar refractivity (Wildman–Crippen MR) is 68.1 cm³/mol. The zero-order valence-electron chi connectivity index (χ0n) is 9.94. The van der Waals surface area contributed by atoms with Crippen LogP contribution in [0.25, 0.3) is 0 Å². The zero-order valence-corrected chi connectivity index (χ0v) is 12.3. The molecule has 0 aromatic carbocycles. The van der Waals surface area contributed by atoms with Crippen molar-refractivity contribution in [1.29, 1.82) is 0 Å². The number of carbonyl (C=O) groups is 1. The molecular formula is C10H18BrNO4S. The SMILES string of the molecule is CC1(C)C2CCC1(CS(=O)(=O)O)C(=O)C2Br.N. The molecule has 0 amide bonds. The first kappa shape index (κ1) is 15.1. The summed E-state index contributed by atoms with van der Waals surface area (Å²) in [7, 11) is -4.12. The molecule has 3 unspecified atom stereocenters. The van der Waals surface area contributed by atoms with E-state index in [4.69, 9.17) is 4.55 Å². The van der Waals surface area contributed by atoms with Crippen LogP contribution >= 0.6 is 15.9 Å². The van der Waals surface area contributed by atoms with Crippen molar-refractivity contribution in [1.82, 2.24) is 6.15 Å². The van der Waals surface area contributed by atoms with Gasteiger partial charge in [-0.3, -0.25) is 9.35 Å². The Labute approximate surface area is 110 Å². The van der Waals surface area contributed by atoms with Crippen LogP contribution in [0.5, 0.6) is 0 Å². The Hall–Kier alpha value is 0.0200. The van der Waals surface area contributed by atoms with Crippen LogP contribution in [0.15, 0.2) is 0 Å². The monoisotopic (exact) mass is 327 g/mol. The fourth-order valence-electron chi connectivity index (χ4n) is 3.48. The van der Waals surface area contributed by atoms with E-state index in [0.717, 1.165) is 6.42 Å². The molecule has 0 heterocycles. The molecule has 2 aliphatic rings. The second-order valence-electron chi connectivity index (χ2n) is 5.44. The molecule has 2 saturated carbocycles. The number of halogens is 1. The smallest absolute Gasteiger partial charge is 0.265 e. The highest BCUT2D eigenvalue weighted by Gasteiger charge is 2.69. The molecule has 100 valence electrons. The van der Waals surface area contributed by atoms with Gasteiger partial charge in [-0.1, -0.05) is 29.8 Å². The lowest BCUT2D eigenvalue weighted by atomic mass is 9.70. The highest BCUT2D eigenvalue weighted by Crippen LogP contribution is 2.65. The molecule has 0 saturated heterocycles. The third kappa shape index (κ3) is 1.87.